The summed E-state index contributed by atoms with van der Waals surface area (Å²) < 4.78 is 0. The van der Waals surface area contributed by atoms with Crippen molar-refractivity contribution in [2.75, 3.05) is 5.32 Å². The van der Waals surface area contributed by atoms with Crippen LogP contribution in [0.4, 0.5) is 5.69 Å². The van der Waals surface area contributed by atoms with Gasteiger partial charge in [-0.15, -0.1) is 11.8 Å². The number of thioether (sulfide) groups is 1. The van der Waals surface area contributed by atoms with Crippen molar-refractivity contribution >= 4 is 23.4 Å². The molecular weight excluding hydrogens is 396 g/mol. The smallest absolute Gasteiger partial charge is 0.255 e. The van der Waals surface area contributed by atoms with Crippen LogP contribution in [-0.2, 0) is 11.2 Å². The van der Waals surface area contributed by atoms with Crippen molar-refractivity contribution in [1.82, 2.24) is 15.0 Å². The Morgan fingerprint density at radius 2 is 2.07 bits per heavy atom. The molecule has 1 unspecified atom stereocenters. The van der Waals surface area contributed by atoms with Crippen LogP contribution >= 0.6 is 11.8 Å². The van der Waals surface area contributed by atoms with Gasteiger partial charge in [-0.05, 0) is 56.2 Å². The number of anilines is 1. The molecule has 3 rings (SSSR count). The van der Waals surface area contributed by atoms with Crippen LogP contribution in [0.25, 0.3) is 11.4 Å². The van der Waals surface area contributed by atoms with Crippen molar-refractivity contribution in [2.45, 2.75) is 50.7 Å². The largest absolute Gasteiger partial charge is 0.326 e. The zero-order chi connectivity index (χ0) is 21.7. The summed E-state index contributed by atoms with van der Waals surface area (Å²) in [5.41, 5.74) is 3.05. The molecule has 0 saturated carbocycles. The molecule has 1 aromatic carbocycles. The van der Waals surface area contributed by atoms with Crippen LogP contribution < -0.4 is 10.9 Å². The number of pyridine rings is 1. The highest BCUT2D eigenvalue weighted by atomic mass is 32.2. The molecule has 2 heterocycles. The lowest BCUT2D eigenvalue weighted by molar-refractivity contribution is -0.115. The first-order chi connectivity index (χ1) is 14.4. The van der Waals surface area contributed by atoms with Crippen LogP contribution in [0.15, 0.2) is 52.4 Å². The van der Waals surface area contributed by atoms with Crippen LogP contribution in [0.1, 0.15) is 37.1 Å². The summed E-state index contributed by atoms with van der Waals surface area (Å²) in [5.74, 6) is 0.199. The zero-order valence-corrected chi connectivity index (χ0v) is 18.5. The Hall–Kier alpha value is -2.93. The highest BCUT2D eigenvalue weighted by molar-refractivity contribution is 7.99. The molecule has 0 aliphatic carbocycles. The molecule has 3 aromatic rings. The van der Waals surface area contributed by atoms with E-state index in [0.29, 0.717) is 22.3 Å². The van der Waals surface area contributed by atoms with Gasteiger partial charge in [0.1, 0.15) is 5.82 Å². The maximum absolute atomic E-state index is 12.6. The highest BCUT2D eigenvalue weighted by Gasteiger charge is 2.15. The minimum absolute atomic E-state index is 0.0374. The second kappa shape index (κ2) is 9.71. The van der Waals surface area contributed by atoms with Crippen molar-refractivity contribution in [3.8, 4) is 11.4 Å². The van der Waals surface area contributed by atoms with Crippen molar-refractivity contribution < 1.29 is 4.79 Å². The number of aromatic amines is 1. The monoisotopic (exact) mass is 422 g/mol. The topological polar surface area (TPSA) is 87.7 Å². The Bertz CT molecular complexity index is 1100. The van der Waals surface area contributed by atoms with E-state index in [1.165, 1.54) is 4.90 Å². The van der Waals surface area contributed by atoms with Gasteiger partial charge in [-0.1, -0.05) is 13.8 Å². The Labute approximate surface area is 180 Å². The normalized spacial score (nSPS) is 11.9. The molecule has 156 valence electrons. The van der Waals surface area contributed by atoms with E-state index in [4.69, 9.17) is 0 Å². The van der Waals surface area contributed by atoms with Gasteiger partial charge in [0.05, 0.1) is 6.42 Å². The third kappa shape index (κ3) is 5.36. The minimum Gasteiger partial charge on any atom is -0.326 e. The fourth-order valence-electron chi connectivity index (χ4n) is 2.98. The molecule has 0 aliphatic heterocycles. The first-order valence-electron chi connectivity index (χ1n) is 9.94. The fourth-order valence-corrected chi connectivity index (χ4v) is 4.00. The molecular formula is C23H26N4O2S. The minimum atomic E-state index is -0.312. The molecule has 0 radical (unpaired) electrons. The molecule has 0 saturated heterocycles. The van der Waals surface area contributed by atoms with E-state index >= 15 is 0 Å². The molecule has 0 spiro atoms. The van der Waals surface area contributed by atoms with E-state index in [1.807, 2.05) is 36.9 Å². The second-order valence-corrected chi connectivity index (χ2v) is 8.77. The first-order valence-corrected chi connectivity index (χ1v) is 10.8. The summed E-state index contributed by atoms with van der Waals surface area (Å²) in [6.07, 6.45) is 4.36. The number of nitrogens with zero attached hydrogens (tertiary/aromatic N) is 2. The summed E-state index contributed by atoms with van der Waals surface area (Å²) in [6, 6.07) is 9.61. The average Bonchev–Trinajstić information content (AvgIpc) is 2.73. The lowest BCUT2D eigenvalue weighted by Gasteiger charge is -2.13. The zero-order valence-electron chi connectivity index (χ0n) is 17.7. The number of H-pyrrole nitrogens is 1. The van der Waals surface area contributed by atoms with Crippen LogP contribution in [0.2, 0.25) is 0 Å². The Kier molecular flexibility index (Phi) is 7.05. The third-order valence-corrected chi connectivity index (χ3v) is 6.14. The number of nitrogens with one attached hydrogen (secondary N) is 2. The van der Waals surface area contributed by atoms with Crippen molar-refractivity contribution in [3.63, 3.8) is 0 Å². The van der Waals surface area contributed by atoms with Crippen molar-refractivity contribution in [1.29, 1.82) is 0 Å². The molecule has 1 amide bonds. The summed E-state index contributed by atoms with van der Waals surface area (Å²) in [7, 11) is 0. The molecule has 0 aliphatic rings. The SMILES string of the molecule is CCC(C)Sc1ccc(NC(=O)Cc2c(C)nc(-c3cccnc3)[nH]c2=O)c(C)c1. The molecule has 7 heteroatoms. The van der Waals surface area contributed by atoms with Gasteiger partial charge in [0.2, 0.25) is 5.91 Å². The third-order valence-electron chi connectivity index (χ3n) is 4.88. The lowest BCUT2D eigenvalue weighted by atomic mass is 10.1. The van der Waals surface area contributed by atoms with Crippen LogP contribution in [0, 0.1) is 13.8 Å². The molecule has 1 atom stereocenters. The van der Waals surface area contributed by atoms with Gasteiger partial charge >= 0.3 is 0 Å². The summed E-state index contributed by atoms with van der Waals surface area (Å²) in [6.45, 7) is 8.08. The summed E-state index contributed by atoms with van der Waals surface area (Å²) in [5, 5.41) is 3.46. The van der Waals surface area contributed by atoms with E-state index in [9.17, 15) is 9.59 Å². The van der Waals surface area contributed by atoms with Gasteiger partial charge in [0.15, 0.2) is 0 Å². The van der Waals surface area contributed by atoms with Gasteiger partial charge in [0.25, 0.3) is 5.56 Å². The molecule has 0 bridgehead atoms. The van der Waals surface area contributed by atoms with Crippen molar-refractivity contribution in [3.05, 3.63) is 69.9 Å². The predicted octanol–water partition coefficient (Wildman–Crippen LogP) is 4.52. The summed E-state index contributed by atoms with van der Waals surface area (Å²) in [4.78, 5) is 37.6. The van der Waals surface area contributed by atoms with E-state index in [-0.39, 0.29) is 17.9 Å². The number of rotatable bonds is 7. The van der Waals surface area contributed by atoms with Gasteiger partial charge < -0.3 is 10.3 Å². The van der Waals surface area contributed by atoms with E-state index in [0.717, 1.165) is 23.2 Å². The summed E-state index contributed by atoms with van der Waals surface area (Å²) >= 11 is 1.82. The first kappa shape index (κ1) is 21.8. The quantitative estimate of drug-likeness (QED) is 0.547. The second-order valence-electron chi connectivity index (χ2n) is 7.26. The van der Waals surface area contributed by atoms with Crippen LogP contribution in [-0.4, -0.2) is 26.1 Å². The Morgan fingerprint density at radius 1 is 1.27 bits per heavy atom. The molecule has 2 N–H and O–H groups in total. The van der Waals surface area contributed by atoms with Gasteiger partial charge in [-0.25, -0.2) is 4.98 Å². The number of aromatic nitrogens is 3. The van der Waals surface area contributed by atoms with Gasteiger partial charge in [-0.3, -0.25) is 14.6 Å². The number of carbonyl (C=O) groups excluding carboxylic acids is 1. The molecule has 30 heavy (non-hydrogen) atoms. The molecule has 2 aromatic heterocycles. The number of benzene rings is 1. The van der Waals surface area contributed by atoms with E-state index < -0.39 is 0 Å². The van der Waals surface area contributed by atoms with Crippen molar-refractivity contribution in [2.24, 2.45) is 0 Å². The number of carbonyl (C=O) groups is 1. The standard InChI is InChI=1S/C23H26N4O2S/c1-5-15(3)30-18-8-9-20(14(2)11-18)26-21(28)12-19-16(4)25-22(27-23(19)29)17-7-6-10-24-13-17/h6-11,13,15H,5,12H2,1-4H3,(H,26,28)(H,25,27,29). The maximum Gasteiger partial charge on any atom is 0.255 e. The number of aryl methyl sites for hydroxylation is 2. The lowest BCUT2D eigenvalue weighted by Crippen LogP contribution is -2.24. The molecule has 6 nitrogen and oxygen atoms in total. The van der Waals surface area contributed by atoms with E-state index in [1.54, 1.807) is 25.4 Å². The number of hydrogen-bond acceptors (Lipinski definition) is 5. The highest BCUT2D eigenvalue weighted by Crippen LogP contribution is 2.28. The predicted molar refractivity (Wildman–Crippen MR) is 122 cm³/mol. The van der Waals surface area contributed by atoms with Gasteiger partial charge in [-0.2, -0.15) is 0 Å². The fraction of sp³-hybridized carbons (Fsp3) is 0.304. The van der Waals surface area contributed by atoms with E-state index in [2.05, 4.69) is 40.2 Å². The average molecular weight is 423 g/mol. The Morgan fingerprint density at radius 3 is 2.70 bits per heavy atom. The molecule has 0 fully saturated rings. The maximum atomic E-state index is 12.6. The number of hydrogen-bond donors (Lipinski definition) is 2. The Balaban J connectivity index is 1.73. The number of amides is 1. The van der Waals surface area contributed by atoms with Crippen LogP contribution in [0.5, 0.6) is 0 Å². The van der Waals surface area contributed by atoms with Crippen LogP contribution in [0.3, 0.4) is 0 Å². The van der Waals surface area contributed by atoms with Gasteiger partial charge in [0, 0.05) is 45.0 Å².